The van der Waals surface area contributed by atoms with Crippen molar-refractivity contribution < 1.29 is 30.0 Å². The molecule has 7 aromatic carbocycles. The number of nitrogens with zero attached hydrogens (tertiary/aromatic N) is 10. The molecule has 0 unspecified atom stereocenters. The maximum absolute atomic E-state index is 12.3. The van der Waals surface area contributed by atoms with Crippen LogP contribution in [0.1, 0.15) is 65.0 Å². The Morgan fingerprint density at radius 3 is 1.55 bits per heavy atom. The number of imidazole rings is 1. The fourth-order valence-corrected chi connectivity index (χ4v) is 10.3. The Labute approximate surface area is 476 Å². The lowest BCUT2D eigenvalue weighted by molar-refractivity contribution is -0.306. The second-order valence-corrected chi connectivity index (χ2v) is 19.7. The van der Waals surface area contributed by atoms with E-state index >= 15 is 0 Å². The molecule has 1 fully saturated rings. The molecule has 0 atom stereocenters. The first-order valence-electron chi connectivity index (χ1n) is 27.2. The van der Waals surface area contributed by atoms with Crippen molar-refractivity contribution >= 4 is 74.1 Å². The molecule has 0 bridgehead atoms. The van der Waals surface area contributed by atoms with Crippen LogP contribution in [0, 0.1) is 0 Å². The summed E-state index contributed by atoms with van der Waals surface area (Å²) in [6.45, 7) is 2.85. The first kappa shape index (κ1) is 52.9. The predicted octanol–water partition coefficient (Wildman–Crippen LogP) is 6.25. The zero-order chi connectivity index (χ0) is 56.8. The molecule has 3 aliphatic heterocycles. The molecule has 0 amide bonds. The number of allylic oxidation sites excluding steroid dienone is 3. The minimum Gasteiger partial charge on any atom is -0.875 e. The second-order valence-electron chi connectivity index (χ2n) is 19.7. The highest BCUT2D eigenvalue weighted by atomic mass is 16.3. The number of ketones is 2. The van der Waals surface area contributed by atoms with Crippen LogP contribution in [0.25, 0.3) is 49.8 Å². The average molecular weight is 1090 g/mol. The van der Waals surface area contributed by atoms with Gasteiger partial charge in [-0.05, 0) is 87.7 Å². The van der Waals surface area contributed by atoms with Crippen LogP contribution >= 0.6 is 0 Å². The number of aromatic nitrogens is 2. The van der Waals surface area contributed by atoms with Crippen molar-refractivity contribution in [2.75, 3.05) is 26.2 Å². The first-order valence-corrected chi connectivity index (χ1v) is 27.2. The molecule has 0 spiro atoms. The molecule has 0 saturated carbocycles. The van der Waals surface area contributed by atoms with Crippen molar-refractivity contribution in [1.29, 1.82) is 0 Å². The zero-order valence-corrected chi connectivity index (χ0v) is 44.6. The van der Waals surface area contributed by atoms with Crippen LogP contribution in [-0.2, 0) is 4.79 Å². The first-order chi connectivity index (χ1) is 40.7. The summed E-state index contributed by atoms with van der Waals surface area (Å²) in [6.07, 6.45) is 3.35. The largest absolute Gasteiger partial charge is 0.875 e. The lowest BCUT2D eigenvalue weighted by Crippen LogP contribution is -2.27. The Bertz CT molecular complexity index is 4220. The third-order valence-electron chi connectivity index (χ3n) is 14.3. The van der Waals surface area contributed by atoms with E-state index in [1.165, 1.54) is 0 Å². The molecule has 83 heavy (non-hydrogen) atoms. The summed E-state index contributed by atoms with van der Waals surface area (Å²) < 4.78 is 0. The highest BCUT2D eigenvalue weighted by Crippen LogP contribution is 2.38. The van der Waals surface area contributed by atoms with E-state index in [9.17, 15) is 30.0 Å². The molecule has 410 valence electrons. The molecule has 7 aliphatic rings. The number of rotatable bonds is 4. The van der Waals surface area contributed by atoms with Gasteiger partial charge in [0.15, 0.2) is 17.4 Å². The van der Waals surface area contributed by atoms with Gasteiger partial charge in [0, 0.05) is 39.8 Å². The molecule has 15 rings (SSSR count). The zero-order valence-electron chi connectivity index (χ0n) is 44.6. The summed E-state index contributed by atoms with van der Waals surface area (Å²) in [4.78, 5) is 55.1. The normalized spacial score (nSPS) is 17.6. The summed E-state index contributed by atoms with van der Waals surface area (Å²) in [7, 11) is 0. The molecule has 0 N–H and O–H groups in total. The van der Waals surface area contributed by atoms with Crippen LogP contribution in [0.4, 0.5) is 11.4 Å². The van der Waals surface area contributed by atoms with Crippen molar-refractivity contribution in [3.63, 3.8) is 0 Å². The van der Waals surface area contributed by atoms with E-state index in [0.29, 0.717) is 76.3 Å². The van der Waals surface area contributed by atoms with Gasteiger partial charge in [-0.15, -0.1) is 18.8 Å². The maximum atomic E-state index is 12.3. The van der Waals surface area contributed by atoms with Crippen molar-refractivity contribution in [2.24, 2.45) is 25.0 Å². The van der Waals surface area contributed by atoms with Crippen molar-refractivity contribution in [1.82, 2.24) is 9.97 Å². The number of fused-ring (bicyclic) bond motifs is 5. The second kappa shape index (κ2) is 23.5. The highest BCUT2D eigenvalue weighted by molar-refractivity contribution is 6.44. The number of hydrogen-bond donors (Lipinski definition) is 0. The van der Waals surface area contributed by atoms with Gasteiger partial charge in [-0.2, -0.15) is 0 Å². The van der Waals surface area contributed by atoms with E-state index in [-0.39, 0.29) is 57.1 Å². The number of amidine groups is 1. The van der Waals surface area contributed by atoms with Crippen molar-refractivity contribution in [3.8, 4) is 0 Å². The van der Waals surface area contributed by atoms with Gasteiger partial charge in [0.05, 0.1) is 33.5 Å². The SMILES string of the molecule is O=C1C(C2=NCCC[N-]2)=C([O-])c2ccccc21.O=C1CCCC([O-])=C1c1nc2ccccc2[n-]1.[O-]C1=c2ccccc2=C([O-])C1=C1N=c2ccccc2=N1.c1ccc(N=C2C(=C3[N-]CCC[N-]3)C(=Nc3ccccc3)c3ccccc32)cc1. The molecule has 0 radical (unpaired) electrons. The maximum Gasteiger partial charge on any atom is 0.192 e. The fraction of sp³-hybridized carbons (Fsp3) is 0.134. The lowest BCUT2D eigenvalue weighted by Gasteiger charge is -2.46. The van der Waals surface area contributed by atoms with E-state index in [1.807, 2.05) is 121 Å². The summed E-state index contributed by atoms with van der Waals surface area (Å²) in [5.41, 5.74) is 9.47. The third kappa shape index (κ3) is 10.8. The summed E-state index contributed by atoms with van der Waals surface area (Å²) >= 11 is 0. The van der Waals surface area contributed by atoms with Crippen LogP contribution in [0.3, 0.4) is 0 Å². The lowest BCUT2D eigenvalue weighted by atomic mass is 9.96. The Balaban J connectivity index is 0.000000112. The van der Waals surface area contributed by atoms with Gasteiger partial charge in [0.1, 0.15) is 0 Å². The Morgan fingerprint density at radius 2 is 0.988 bits per heavy atom. The summed E-state index contributed by atoms with van der Waals surface area (Å²) in [6, 6.07) is 56.7. The molecular formula is C67H48N10O6-8. The number of para-hydroxylation sites is 6. The number of aliphatic imine (C=N–C) groups is 3. The van der Waals surface area contributed by atoms with Gasteiger partial charge >= 0.3 is 0 Å². The van der Waals surface area contributed by atoms with E-state index < -0.39 is 0 Å². The number of hydrogen-bond acceptors (Lipinski definition) is 12. The quantitative estimate of drug-likeness (QED) is 0.194. The summed E-state index contributed by atoms with van der Waals surface area (Å²) in [5.74, 6) is 0.289. The van der Waals surface area contributed by atoms with Crippen LogP contribution in [0.15, 0.2) is 241 Å². The van der Waals surface area contributed by atoms with Gasteiger partial charge in [-0.25, -0.2) is 20.0 Å². The van der Waals surface area contributed by atoms with Gasteiger partial charge in [0.2, 0.25) is 0 Å². The van der Waals surface area contributed by atoms with E-state index in [2.05, 4.69) is 42.4 Å². The topological polar surface area (TPSA) is 257 Å². The standard InChI is InChI=1S/C25H20N4.C16H10N2O2.2C13H12N2O2/c1-3-10-18(11-4-1)28-23-20-14-7-8-15-21(20)24(29-19-12-5-2-6-13-19)22(23)25-26-16-9-17-27-25;19-14-9-5-1-2-6-10(9)15(20)13(14)16-17-11-7-3-4-8-12(11)18-16;16-11-8-4-1-2-5-9(8)12(17)10(11)13-14-6-3-7-15-13;16-10-6-3-7-11(17)12(10)13-14-8-4-1-2-5-9(8)15-13/h1-8,10-15H,9,16-17H2;1-8,19-20H;2*1-2,4-5H,3,6-7H2,(H2,14,15,16,17)/q-2;;;/p-6. The van der Waals surface area contributed by atoms with E-state index in [0.717, 1.165) is 82.3 Å². The molecule has 1 saturated heterocycles. The molecule has 4 aliphatic carbocycles. The third-order valence-corrected chi connectivity index (χ3v) is 14.3. The monoisotopic (exact) mass is 1090 g/mol. The average Bonchev–Trinajstić information content (AvgIpc) is 4.54. The number of carbonyl (C=O) groups excluding carboxylic acids is 2. The highest BCUT2D eigenvalue weighted by Gasteiger charge is 2.29. The fourth-order valence-electron chi connectivity index (χ4n) is 10.3. The van der Waals surface area contributed by atoms with Crippen molar-refractivity contribution in [2.45, 2.75) is 32.1 Å². The van der Waals surface area contributed by atoms with E-state index in [4.69, 9.17) is 20.6 Å². The van der Waals surface area contributed by atoms with Gasteiger partial charge in [0.25, 0.3) is 0 Å². The molecule has 16 heteroatoms. The minimum absolute atomic E-state index is 0.0717. The molecule has 1 aromatic heterocycles. The number of benzene rings is 7. The van der Waals surface area contributed by atoms with Crippen LogP contribution in [0.2, 0.25) is 0 Å². The molecule has 4 heterocycles. The van der Waals surface area contributed by atoms with Crippen LogP contribution < -0.4 is 46.6 Å². The Morgan fingerprint density at radius 1 is 0.458 bits per heavy atom. The predicted molar refractivity (Wildman–Crippen MR) is 312 cm³/mol. The summed E-state index contributed by atoms with van der Waals surface area (Å²) in [5, 5.41) is 64.4. The number of Topliss-reactive ketones (excluding diaryl/α,β-unsaturated/α-hetero) is 2. The van der Waals surface area contributed by atoms with E-state index in [1.54, 1.807) is 48.5 Å². The van der Waals surface area contributed by atoms with Crippen LogP contribution in [0.5, 0.6) is 0 Å². The number of carbonyl (C=O) groups is 2. The van der Waals surface area contributed by atoms with Gasteiger partial charge in [-0.1, -0.05) is 195 Å². The minimum atomic E-state index is -0.291. The van der Waals surface area contributed by atoms with Crippen molar-refractivity contribution in [3.05, 3.63) is 281 Å². The Kier molecular flexibility index (Phi) is 15.0. The molecule has 16 nitrogen and oxygen atoms in total. The van der Waals surface area contributed by atoms with Gasteiger partial charge < -0.3 is 51.3 Å². The molecule has 8 aromatic rings. The smallest absolute Gasteiger partial charge is 0.192 e. The molecular weight excluding hydrogens is 1040 g/mol. The Hall–Kier alpha value is -10.7. The van der Waals surface area contributed by atoms with Gasteiger partial charge in [-0.3, -0.25) is 15.4 Å². The van der Waals surface area contributed by atoms with Crippen LogP contribution in [-0.4, -0.2) is 60.0 Å².